The van der Waals surface area contributed by atoms with Crippen LogP contribution in [-0.2, 0) is 9.47 Å². The zero-order valence-electron chi connectivity index (χ0n) is 14.7. The lowest BCUT2D eigenvalue weighted by atomic mass is 9.76. The van der Waals surface area contributed by atoms with Crippen molar-refractivity contribution >= 4 is 0 Å². The summed E-state index contributed by atoms with van der Waals surface area (Å²) in [7, 11) is 2.10. The fourth-order valence-electron chi connectivity index (χ4n) is 3.81. The molecule has 0 spiro atoms. The van der Waals surface area contributed by atoms with Crippen molar-refractivity contribution in [3.05, 3.63) is 0 Å². The number of hydrogen-bond acceptors (Lipinski definition) is 4. The monoisotopic (exact) mass is 300 g/mol. The summed E-state index contributed by atoms with van der Waals surface area (Å²) < 4.78 is 11.2. The molecule has 0 bridgehead atoms. The van der Waals surface area contributed by atoms with Crippen LogP contribution in [0.3, 0.4) is 0 Å². The molecule has 4 heteroatoms. The lowest BCUT2D eigenvalue weighted by molar-refractivity contribution is 0.0161. The third kappa shape index (κ3) is 6.23. The molecular weight excluding hydrogens is 264 g/mol. The Morgan fingerprint density at radius 2 is 1.57 bits per heavy atom. The third-order valence-corrected chi connectivity index (χ3v) is 4.67. The van der Waals surface area contributed by atoms with Crippen molar-refractivity contribution < 1.29 is 9.47 Å². The quantitative estimate of drug-likeness (QED) is 0.628. The number of nitrogens with one attached hydrogen (secondary N) is 1. The number of nitrogens with zero attached hydrogens (tertiary/aromatic N) is 1. The standard InChI is InChI=1S/C17H36N2O2/c1-6-20-10-8-19(9-11-21-7-2)17-15(4)12-14(3)13-16(17)18-5/h14-18H,6-13H2,1-5H3. The minimum Gasteiger partial charge on any atom is -0.380 e. The van der Waals surface area contributed by atoms with Crippen molar-refractivity contribution in [3.8, 4) is 0 Å². The van der Waals surface area contributed by atoms with E-state index in [9.17, 15) is 0 Å². The molecule has 4 unspecified atom stereocenters. The first kappa shape index (κ1) is 18.9. The van der Waals surface area contributed by atoms with Crippen LogP contribution in [0, 0.1) is 11.8 Å². The highest BCUT2D eigenvalue weighted by molar-refractivity contribution is 4.93. The van der Waals surface area contributed by atoms with Crippen molar-refractivity contribution in [1.29, 1.82) is 0 Å². The number of hydrogen-bond donors (Lipinski definition) is 1. The summed E-state index contributed by atoms with van der Waals surface area (Å²) in [6, 6.07) is 1.17. The highest BCUT2D eigenvalue weighted by atomic mass is 16.5. The van der Waals surface area contributed by atoms with Crippen molar-refractivity contribution in [3.63, 3.8) is 0 Å². The summed E-state index contributed by atoms with van der Waals surface area (Å²) in [5, 5.41) is 3.55. The Hall–Kier alpha value is -0.160. The van der Waals surface area contributed by atoms with Crippen molar-refractivity contribution in [1.82, 2.24) is 10.2 Å². The molecule has 1 rings (SSSR count). The van der Waals surface area contributed by atoms with Gasteiger partial charge in [-0.2, -0.15) is 0 Å². The van der Waals surface area contributed by atoms with Gasteiger partial charge in [0.05, 0.1) is 13.2 Å². The smallest absolute Gasteiger partial charge is 0.0593 e. The van der Waals surface area contributed by atoms with Gasteiger partial charge in [0.25, 0.3) is 0 Å². The fraction of sp³-hybridized carbons (Fsp3) is 1.00. The molecular formula is C17H36N2O2. The molecule has 0 saturated heterocycles. The largest absolute Gasteiger partial charge is 0.380 e. The van der Waals surface area contributed by atoms with Crippen LogP contribution in [0.2, 0.25) is 0 Å². The third-order valence-electron chi connectivity index (χ3n) is 4.67. The Balaban J connectivity index is 2.66. The molecule has 4 atom stereocenters. The molecule has 1 aliphatic rings. The van der Waals surface area contributed by atoms with E-state index in [4.69, 9.17) is 9.47 Å². The normalized spacial score (nSPS) is 30.0. The molecule has 0 aromatic carbocycles. The van der Waals surface area contributed by atoms with E-state index in [2.05, 4.69) is 45.0 Å². The molecule has 1 N–H and O–H groups in total. The molecule has 1 aliphatic carbocycles. The van der Waals surface area contributed by atoms with Gasteiger partial charge in [-0.15, -0.1) is 0 Å². The van der Waals surface area contributed by atoms with Gasteiger partial charge in [-0.1, -0.05) is 13.8 Å². The van der Waals surface area contributed by atoms with E-state index in [-0.39, 0.29) is 0 Å². The van der Waals surface area contributed by atoms with E-state index >= 15 is 0 Å². The summed E-state index contributed by atoms with van der Waals surface area (Å²) in [6.45, 7) is 14.1. The minimum absolute atomic E-state index is 0.576. The topological polar surface area (TPSA) is 33.7 Å². The highest BCUT2D eigenvalue weighted by Gasteiger charge is 2.36. The zero-order valence-corrected chi connectivity index (χ0v) is 14.7. The lowest BCUT2D eigenvalue weighted by Gasteiger charge is -2.45. The van der Waals surface area contributed by atoms with E-state index in [1.165, 1.54) is 12.8 Å². The van der Waals surface area contributed by atoms with E-state index in [0.29, 0.717) is 12.1 Å². The minimum atomic E-state index is 0.576. The van der Waals surface area contributed by atoms with E-state index in [0.717, 1.165) is 51.4 Å². The van der Waals surface area contributed by atoms with Crippen LogP contribution in [0.4, 0.5) is 0 Å². The van der Waals surface area contributed by atoms with Crippen LogP contribution in [0.1, 0.15) is 40.5 Å². The number of rotatable bonds is 10. The molecule has 21 heavy (non-hydrogen) atoms. The number of ether oxygens (including phenoxy) is 2. The second kappa shape index (κ2) is 10.5. The van der Waals surface area contributed by atoms with Crippen molar-refractivity contribution in [2.24, 2.45) is 11.8 Å². The lowest BCUT2D eigenvalue weighted by Crippen LogP contribution is -2.57. The molecule has 0 aromatic heterocycles. The van der Waals surface area contributed by atoms with Crippen LogP contribution < -0.4 is 5.32 Å². The Kier molecular flexibility index (Phi) is 9.49. The summed E-state index contributed by atoms with van der Waals surface area (Å²) >= 11 is 0. The molecule has 4 nitrogen and oxygen atoms in total. The first-order valence-corrected chi connectivity index (χ1v) is 8.70. The Morgan fingerprint density at radius 1 is 1.00 bits per heavy atom. The van der Waals surface area contributed by atoms with Gasteiger partial charge in [0.15, 0.2) is 0 Å². The van der Waals surface area contributed by atoms with E-state index in [1.807, 2.05) is 0 Å². The molecule has 1 saturated carbocycles. The fourth-order valence-corrected chi connectivity index (χ4v) is 3.81. The Bertz CT molecular complexity index is 253. The predicted molar refractivity (Wildman–Crippen MR) is 88.8 cm³/mol. The van der Waals surface area contributed by atoms with Crippen LogP contribution in [0.25, 0.3) is 0 Å². The van der Waals surface area contributed by atoms with Gasteiger partial charge in [0.1, 0.15) is 0 Å². The van der Waals surface area contributed by atoms with E-state index in [1.54, 1.807) is 0 Å². The van der Waals surface area contributed by atoms with Gasteiger partial charge in [-0.25, -0.2) is 0 Å². The summed E-state index contributed by atoms with van der Waals surface area (Å²) in [4.78, 5) is 2.59. The number of likely N-dealkylation sites (N-methyl/N-ethyl adjacent to an activating group) is 1. The summed E-state index contributed by atoms with van der Waals surface area (Å²) in [5.41, 5.74) is 0. The molecule has 0 radical (unpaired) electrons. The first-order chi connectivity index (χ1) is 10.1. The average molecular weight is 300 g/mol. The maximum absolute atomic E-state index is 5.58. The van der Waals surface area contributed by atoms with Gasteiger partial charge in [-0.3, -0.25) is 4.90 Å². The Labute approximate surface area is 131 Å². The van der Waals surface area contributed by atoms with Crippen LogP contribution in [0.15, 0.2) is 0 Å². The van der Waals surface area contributed by atoms with Gasteiger partial charge >= 0.3 is 0 Å². The average Bonchev–Trinajstić information content (AvgIpc) is 2.45. The molecule has 0 aliphatic heterocycles. The van der Waals surface area contributed by atoms with Gasteiger partial charge < -0.3 is 14.8 Å². The second-order valence-corrected chi connectivity index (χ2v) is 6.37. The van der Waals surface area contributed by atoms with Crippen LogP contribution in [-0.4, -0.2) is 63.5 Å². The van der Waals surface area contributed by atoms with Gasteiger partial charge in [-0.05, 0) is 45.6 Å². The molecule has 0 aromatic rings. The van der Waals surface area contributed by atoms with Crippen LogP contribution in [0.5, 0.6) is 0 Å². The highest BCUT2D eigenvalue weighted by Crippen LogP contribution is 2.32. The molecule has 1 fully saturated rings. The van der Waals surface area contributed by atoms with Crippen molar-refractivity contribution in [2.75, 3.05) is 46.6 Å². The maximum Gasteiger partial charge on any atom is 0.0593 e. The molecule has 0 amide bonds. The predicted octanol–water partition coefficient (Wildman–Crippen LogP) is 2.38. The first-order valence-electron chi connectivity index (χ1n) is 8.70. The van der Waals surface area contributed by atoms with Crippen LogP contribution >= 0.6 is 0 Å². The molecule has 126 valence electrons. The zero-order chi connectivity index (χ0) is 15.7. The second-order valence-electron chi connectivity index (χ2n) is 6.37. The van der Waals surface area contributed by atoms with E-state index < -0.39 is 0 Å². The Morgan fingerprint density at radius 3 is 2.05 bits per heavy atom. The SMILES string of the molecule is CCOCCN(CCOCC)C1C(C)CC(C)CC1NC. The summed E-state index contributed by atoms with van der Waals surface area (Å²) in [6.07, 6.45) is 2.59. The summed E-state index contributed by atoms with van der Waals surface area (Å²) in [5.74, 6) is 1.53. The van der Waals surface area contributed by atoms with Crippen molar-refractivity contribution in [2.45, 2.75) is 52.6 Å². The molecule has 0 heterocycles. The van der Waals surface area contributed by atoms with Gasteiger partial charge in [0.2, 0.25) is 0 Å². The maximum atomic E-state index is 5.58. The van der Waals surface area contributed by atoms with Gasteiger partial charge in [0, 0.05) is 38.4 Å².